The summed E-state index contributed by atoms with van der Waals surface area (Å²) in [6.07, 6.45) is 15.8. The summed E-state index contributed by atoms with van der Waals surface area (Å²) in [4.78, 5) is 21.9. The zero-order chi connectivity index (χ0) is 23.8. The average Bonchev–Trinajstić information content (AvgIpc) is 3.10. The minimum absolute atomic E-state index is 0.125. The summed E-state index contributed by atoms with van der Waals surface area (Å²) in [5, 5.41) is 9.52. The fourth-order valence-electron chi connectivity index (χ4n) is 3.83. The molecule has 0 aliphatic carbocycles. The maximum Gasteiger partial charge on any atom is 0.527 e. The molecular formula is C24H45O7P. The van der Waals surface area contributed by atoms with Crippen LogP contribution in [0.3, 0.4) is 0 Å². The number of hydrogen-bond donors (Lipinski definition) is 2. The maximum atomic E-state index is 12.4. The second-order valence-corrected chi connectivity index (χ2v) is 10.4. The smallest absolute Gasteiger partial charge is 0.449 e. The van der Waals surface area contributed by atoms with Gasteiger partial charge in [-0.1, -0.05) is 90.9 Å². The normalized spacial score (nSPS) is 19.8. The van der Waals surface area contributed by atoms with Crippen LogP contribution in [0.5, 0.6) is 0 Å². The van der Waals surface area contributed by atoms with Crippen LogP contribution in [0, 0.1) is 5.92 Å². The van der Waals surface area contributed by atoms with Crippen LogP contribution in [-0.2, 0) is 23.1 Å². The number of phosphoric ester groups is 1. The number of rotatable bonds is 20. The first-order chi connectivity index (χ1) is 15.3. The quantitative estimate of drug-likeness (QED) is 0.119. The summed E-state index contributed by atoms with van der Waals surface area (Å²) in [7, 11) is -4.45. The molecule has 0 aromatic rings. The minimum atomic E-state index is -4.45. The molecule has 1 aliphatic heterocycles. The van der Waals surface area contributed by atoms with Gasteiger partial charge in [0, 0.05) is 6.08 Å². The van der Waals surface area contributed by atoms with Gasteiger partial charge in [0.25, 0.3) is 0 Å². The molecule has 32 heavy (non-hydrogen) atoms. The number of carbonyl (C=O) groups excluding carboxylic acids is 1. The molecule has 0 bridgehead atoms. The van der Waals surface area contributed by atoms with E-state index in [0.29, 0.717) is 0 Å². The third-order valence-electron chi connectivity index (χ3n) is 5.85. The van der Waals surface area contributed by atoms with Crippen LogP contribution in [0.2, 0.25) is 0 Å². The molecule has 8 heteroatoms. The lowest BCUT2D eigenvalue weighted by Crippen LogP contribution is -2.21. The van der Waals surface area contributed by atoms with Gasteiger partial charge >= 0.3 is 13.8 Å². The number of aliphatic hydroxyl groups is 1. The lowest BCUT2D eigenvalue weighted by Gasteiger charge is -2.19. The van der Waals surface area contributed by atoms with E-state index in [1.54, 1.807) is 0 Å². The van der Waals surface area contributed by atoms with Crippen LogP contribution in [0.15, 0.2) is 11.8 Å². The van der Waals surface area contributed by atoms with Gasteiger partial charge in [-0.2, -0.15) is 0 Å². The van der Waals surface area contributed by atoms with Crippen LogP contribution in [-0.4, -0.2) is 34.8 Å². The molecule has 7 nitrogen and oxygen atoms in total. The van der Waals surface area contributed by atoms with Gasteiger partial charge in [-0.15, -0.1) is 0 Å². The Hall–Kier alpha value is -0.880. The van der Waals surface area contributed by atoms with E-state index in [1.807, 2.05) is 0 Å². The molecule has 0 saturated heterocycles. The van der Waals surface area contributed by atoms with Gasteiger partial charge in [0.1, 0.15) is 0 Å². The lowest BCUT2D eigenvalue weighted by molar-refractivity contribution is -0.145. The zero-order valence-corrected chi connectivity index (χ0v) is 21.2. The zero-order valence-electron chi connectivity index (χ0n) is 20.3. The number of hydrogen-bond acceptors (Lipinski definition) is 6. The standard InChI is InChI=1S/C24H45O7P/c1-4-6-8-10-11-13-15-17-21(16-14-12-9-7-5-2)19-29-32(27,28)31-23-18-22(20(3)25)30-24(23)26/h18,20-22,25H,4-17,19H2,1-3H3,(H,27,28). The second-order valence-electron chi connectivity index (χ2n) is 8.98. The first-order valence-corrected chi connectivity index (χ1v) is 14.1. The van der Waals surface area contributed by atoms with Crippen LogP contribution in [0.1, 0.15) is 111 Å². The first kappa shape index (κ1) is 29.2. The fourth-order valence-corrected chi connectivity index (χ4v) is 4.66. The van der Waals surface area contributed by atoms with Crippen molar-refractivity contribution >= 4 is 13.8 Å². The van der Waals surface area contributed by atoms with Crippen molar-refractivity contribution in [2.75, 3.05) is 6.61 Å². The SMILES string of the molecule is CCCCCCCCCC(CCCCCCC)COP(=O)(O)OC1=CC(C(C)O)OC1=O. The van der Waals surface area contributed by atoms with Gasteiger partial charge < -0.3 is 14.4 Å². The Balaban J connectivity index is 2.48. The Labute approximate surface area is 194 Å². The molecular weight excluding hydrogens is 431 g/mol. The third kappa shape index (κ3) is 13.0. The lowest BCUT2D eigenvalue weighted by atomic mass is 9.95. The van der Waals surface area contributed by atoms with E-state index in [0.717, 1.165) is 32.1 Å². The van der Waals surface area contributed by atoms with E-state index in [-0.39, 0.29) is 18.3 Å². The molecule has 1 aliphatic rings. The van der Waals surface area contributed by atoms with Crippen LogP contribution >= 0.6 is 7.82 Å². The van der Waals surface area contributed by atoms with Crippen molar-refractivity contribution in [2.24, 2.45) is 5.92 Å². The highest BCUT2D eigenvalue weighted by Crippen LogP contribution is 2.47. The summed E-state index contributed by atoms with van der Waals surface area (Å²) in [5.41, 5.74) is 0. The number of ether oxygens (including phenoxy) is 1. The van der Waals surface area contributed by atoms with Crippen molar-refractivity contribution in [2.45, 2.75) is 123 Å². The van der Waals surface area contributed by atoms with Crippen LogP contribution < -0.4 is 0 Å². The summed E-state index contributed by atoms with van der Waals surface area (Å²) in [5.74, 6) is -1.07. The number of esters is 1. The number of cyclic esters (lactones) is 1. The highest BCUT2D eigenvalue weighted by atomic mass is 31.2. The molecule has 0 radical (unpaired) electrons. The third-order valence-corrected chi connectivity index (χ3v) is 6.76. The van der Waals surface area contributed by atoms with Crippen LogP contribution in [0.25, 0.3) is 0 Å². The molecule has 0 fully saturated rings. The second kappa shape index (κ2) is 16.7. The molecule has 4 atom stereocenters. The van der Waals surface area contributed by atoms with Crippen molar-refractivity contribution in [1.82, 2.24) is 0 Å². The predicted molar refractivity (Wildman–Crippen MR) is 126 cm³/mol. The predicted octanol–water partition coefficient (Wildman–Crippen LogP) is 6.43. The average molecular weight is 477 g/mol. The molecule has 2 N–H and O–H groups in total. The molecule has 1 rings (SSSR count). The minimum Gasteiger partial charge on any atom is -0.449 e. The van der Waals surface area contributed by atoms with E-state index in [9.17, 15) is 19.4 Å². The molecule has 0 saturated carbocycles. The molecule has 0 aromatic heterocycles. The van der Waals surface area contributed by atoms with E-state index < -0.39 is 26.0 Å². The number of aliphatic hydroxyl groups excluding tert-OH is 1. The molecule has 1 heterocycles. The van der Waals surface area contributed by atoms with Crippen LogP contribution in [0.4, 0.5) is 0 Å². The molecule has 0 spiro atoms. The largest absolute Gasteiger partial charge is 0.527 e. The molecule has 0 aromatic carbocycles. The first-order valence-electron chi connectivity index (χ1n) is 12.6. The number of carbonyl (C=O) groups is 1. The highest BCUT2D eigenvalue weighted by Gasteiger charge is 2.36. The Morgan fingerprint density at radius 1 is 0.969 bits per heavy atom. The van der Waals surface area contributed by atoms with Crippen molar-refractivity contribution in [1.29, 1.82) is 0 Å². The highest BCUT2D eigenvalue weighted by molar-refractivity contribution is 7.47. The molecule has 4 unspecified atom stereocenters. The monoisotopic (exact) mass is 476 g/mol. The summed E-state index contributed by atoms with van der Waals surface area (Å²) in [6, 6.07) is 0. The van der Waals surface area contributed by atoms with E-state index in [2.05, 4.69) is 13.8 Å². The van der Waals surface area contributed by atoms with E-state index >= 15 is 0 Å². The van der Waals surface area contributed by atoms with E-state index in [1.165, 1.54) is 70.8 Å². The Morgan fingerprint density at radius 3 is 1.94 bits per heavy atom. The number of unbranched alkanes of at least 4 members (excludes halogenated alkanes) is 10. The Bertz CT molecular complexity index is 591. The topological polar surface area (TPSA) is 102 Å². The fraction of sp³-hybridized carbons (Fsp3) is 0.875. The van der Waals surface area contributed by atoms with Crippen molar-refractivity contribution < 1.29 is 33.1 Å². The maximum absolute atomic E-state index is 12.4. The van der Waals surface area contributed by atoms with Gasteiger partial charge in [0.05, 0.1) is 12.7 Å². The van der Waals surface area contributed by atoms with Gasteiger partial charge in [0.2, 0.25) is 5.76 Å². The van der Waals surface area contributed by atoms with Crippen molar-refractivity contribution in [3.8, 4) is 0 Å². The molecule has 188 valence electrons. The summed E-state index contributed by atoms with van der Waals surface area (Å²) in [6.45, 7) is 5.99. The van der Waals surface area contributed by atoms with Gasteiger partial charge in [-0.25, -0.2) is 9.36 Å². The van der Waals surface area contributed by atoms with Gasteiger partial charge in [-0.05, 0) is 25.7 Å². The summed E-state index contributed by atoms with van der Waals surface area (Å²) < 4.78 is 27.5. The van der Waals surface area contributed by atoms with Crippen molar-refractivity contribution in [3.05, 3.63) is 11.8 Å². The van der Waals surface area contributed by atoms with Gasteiger partial charge in [0.15, 0.2) is 6.10 Å². The Morgan fingerprint density at radius 2 is 1.47 bits per heavy atom. The molecule has 0 amide bonds. The Kier molecular flexibility index (Phi) is 15.2. The van der Waals surface area contributed by atoms with E-state index in [4.69, 9.17) is 13.8 Å². The summed E-state index contributed by atoms with van der Waals surface area (Å²) >= 11 is 0. The van der Waals surface area contributed by atoms with Crippen molar-refractivity contribution in [3.63, 3.8) is 0 Å². The van der Waals surface area contributed by atoms with Gasteiger partial charge in [-0.3, -0.25) is 9.42 Å². The number of phosphoric acid groups is 1.